The number of allylic oxidation sites excluding steroid dienone is 3. The second-order valence-electron chi connectivity index (χ2n) is 15.4. The third-order valence-corrected chi connectivity index (χ3v) is 10.1. The number of likely N-dealkylation sites (N-methyl/N-ethyl adjacent to an activating group) is 1. The molecule has 0 aliphatic carbocycles. The lowest BCUT2D eigenvalue weighted by Crippen LogP contribution is -2.37. The number of unbranched alkanes of at least 4 members (excludes halogenated alkanes) is 22. The van der Waals surface area contributed by atoms with Gasteiger partial charge in [-0.15, -0.1) is 6.58 Å². The summed E-state index contributed by atoms with van der Waals surface area (Å²) in [6.07, 6.45) is 35.2. The zero-order valence-electron chi connectivity index (χ0n) is 34.1. The zero-order valence-corrected chi connectivity index (χ0v) is 35.0. The van der Waals surface area contributed by atoms with Gasteiger partial charge in [-0.1, -0.05) is 134 Å². The van der Waals surface area contributed by atoms with E-state index in [0.29, 0.717) is 17.4 Å². The van der Waals surface area contributed by atoms with Crippen LogP contribution in [0.4, 0.5) is 0 Å². The summed E-state index contributed by atoms with van der Waals surface area (Å²) in [6, 6.07) is 0. The van der Waals surface area contributed by atoms with E-state index in [1.165, 1.54) is 96.3 Å². The van der Waals surface area contributed by atoms with Gasteiger partial charge < -0.3 is 27.9 Å². The molecule has 0 fully saturated rings. The fourth-order valence-corrected chi connectivity index (χ4v) is 6.47. The van der Waals surface area contributed by atoms with Gasteiger partial charge in [0.1, 0.15) is 19.8 Å². The Labute approximate surface area is 319 Å². The van der Waals surface area contributed by atoms with Gasteiger partial charge in [-0.3, -0.25) is 14.2 Å². The number of quaternary nitrogens is 1. The van der Waals surface area contributed by atoms with Crippen molar-refractivity contribution in [2.45, 2.75) is 186 Å². The van der Waals surface area contributed by atoms with Crippen molar-refractivity contribution in [1.29, 1.82) is 0 Å². The molecule has 0 rings (SSSR count). The molecule has 0 aromatic carbocycles. The number of phosphoric ester groups is 1. The molecular formula is C42H80NO8P. The van der Waals surface area contributed by atoms with Gasteiger partial charge in [0.15, 0.2) is 6.10 Å². The van der Waals surface area contributed by atoms with Crippen molar-refractivity contribution in [1.82, 2.24) is 0 Å². The van der Waals surface area contributed by atoms with E-state index in [1.807, 2.05) is 27.2 Å². The van der Waals surface area contributed by atoms with Gasteiger partial charge in [-0.25, -0.2) is 0 Å². The summed E-state index contributed by atoms with van der Waals surface area (Å²) in [6.45, 7) is 5.72. The first-order valence-electron chi connectivity index (χ1n) is 21.0. The van der Waals surface area contributed by atoms with E-state index in [-0.39, 0.29) is 32.0 Å². The number of carbonyl (C=O) groups is 2. The molecule has 52 heavy (non-hydrogen) atoms. The summed E-state index contributed by atoms with van der Waals surface area (Å²) in [4.78, 5) is 37.4. The second-order valence-corrected chi connectivity index (χ2v) is 16.8. The lowest BCUT2D eigenvalue weighted by Gasteiger charge is -2.28. The highest BCUT2D eigenvalue weighted by Crippen LogP contribution is 2.38. The standard InChI is InChI=1S/C42H80NO8P/c1-6-8-10-12-14-16-18-20-21-23-24-26-28-30-32-34-41(44)48-38-40(39-50-52(46,47)49-37-36-43(3,4)5)51-42(45)35-33-31-29-27-25-22-19-17-15-13-11-9-7-2/h6,17,19,40H,1,7-16,18,20-39H2,2-5H3/b19-17+/t40-/m1/s1. The van der Waals surface area contributed by atoms with Crippen molar-refractivity contribution in [3.63, 3.8) is 0 Å². The Hall–Kier alpha value is -1.51. The van der Waals surface area contributed by atoms with Crippen LogP contribution in [0.5, 0.6) is 0 Å². The molecule has 1 unspecified atom stereocenters. The maximum absolute atomic E-state index is 12.6. The molecule has 0 spiro atoms. The van der Waals surface area contributed by atoms with Crippen LogP contribution in [-0.2, 0) is 32.7 Å². The van der Waals surface area contributed by atoms with Crippen LogP contribution in [0.15, 0.2) is 24.8 Å². The number of ether oxygens (including phenoxy) is 2. The molecule has 0 aromatic rings. The highest BCUT2D eigenvalue weighted by molar-refractivity contribution is 7.45. The van der Waals surface area contributed by atoms with Gasteiger partial charge in [0.2, 0.25) is 0 Å². The van der Waals surface area contributed by atoms with E-state index < -0.39 is 26.5 Å². The van der Waals surface area contributed by atoms with E-state index in [1.54, 1.807) is 0 Å². The van der Waals surface area contributed by atoms with E-state index in [0.717, 1.165) is 57.8 Å². The molecule has 0 aliphatic rings. The lowest BCUT2D eigenvalue weighted by molar-refractivity contribution is -0.870. The molecule has 0 heterocycles. The smallest absolute Gasteiger partial charge is 0.306 e. The van der Waals surface area contributed by atoms with Gasteiger partial charge >= 0.3 is 11.9 Å². The summed E-state index contributed by atoms with van der Waals surface area (Å²) in [7, 11) is 1.16. The Morgan fingerprint density at radius 2 is 1.08 bits per heavy atom. The van der Waals surface area contributed by atoms with Crippen LogP contribution in [0, 0.1) is 0 Å². The molecule has 0 amide bonds. The normalized spacial score (nSPS) is 13.6. The molecule has 0 saturated carbocycles. The molecule has 2 atom stereocenters. The zero-order chi connectivity index (χ0) is 38.6. The average molecular weight is 758 g/mol. The Kier molecular flexibility index (Phi) is 34.2. The summed E-state index contributed by atoms with van der Waals surface area (Å²) < 4.78 is 33.8. The Bertz CT molecular complexity index is 935. The Balaban J connectivity index is 4.36. The molecule has 0 bridgehead atoms. The van der Waals surface area contributed by atoms with Crippen molar-refractivity contribution in [3.05, 3.63) is 24.8 Å². The number of hydrogen-bond acceptors (Lipinski definition) is 8. The van der Waals surface area contributed by atoms with Crippen LogP contribution in [0.25, 0.3) is 0 Å². The third kappa shape index (κ3) is 38.2. The summed E-state index contributed by atoms with van der Waals surface area (Å²) >= 11 is 0. The number of phosphoric acid groups is 1. The van der Waals surface area contributed by atoms with E-state index in [2.05, 4.69) is 25.7 Å². The summed E-state index contributed by atoms with van der Waals surface area (Å²) in [5.41, 5.74) is 0. The van der Waals surface area contributed by atoms with Crippen LogP contribution in [0.3, 0.4) is 0 Å². The predicted octanol–water partition coefficient (Wildman–Crippen LogP) is 10.9. The monoisotopic (exact) mass is 758 g/mol. The largest absolute Gasteiger partial charge is 0.756 e. The number of esters is 2. The SMILES string of the molecule is C=CCCCCCCCCCCCCCCCC(=O)OC[C@H](COP(=O)([O-])OCC[N+](C)(C)C)OC(=O)CCCCCCC/C=C/CCCCCC. The summed E-state index contributed by atoms with van der Waals surface area (Å²) in [5.74, 6) is -0.844. The Morgan fingerprint density at radius 3 is 1.56 bits per heavy atom. The topological polar surface area (TPSA) is 111 Å². The fourth-order valence-electron chi connectivity index (χ4n) is 5.75. The minimum absolute atomic E-state index is 0.0317. The number of rotatable bonds is 39. The number of hydrogen-bond donors (Lipinski definition) is 0. The van der Waals surface area contributed by atoms with Crippen molar-refractivity contribution < 1.29 is 42.1 Å². The number of carbonyl (C=O) groups excluding carboxylic acids is 2. The van der Waals surface area contributed by atoms with Crippen molar-refractivity contribution in [3.8, 4) is 0 Å². The lowest BCUT2D eigenvalue weighted by atomic mass is 10.0. The van der Waals surface area contributed by atoms with Crippen LogP contribution in [-0.4, -0.2) is 70.0 Å². The van der Waals surface area contributed by atoms with E-state index >= 15 is 0 Å². The minimum Gasteiger partial charge on any atom is -0.756 e. The molecule has 0 aromatic heterocycles. The van der Waals surface area contributed by atoms with Gasteiger partial charge in [0.05, 0.1) is 27.7 Å². The molecule has 0 radical (unpaired) electrons. The van der Waals surface area contributed by atoms with Crippen LogP contribution in [0.1, 0.15) is 180 Å². The van der Waals surface area contributed by atoms with Gasteiger partial charge in [-0.05, 0) is 51.4 Å². The molecule has 9 nitrogen and oxygen atoms in total. The van der Waals surface area contributed by atoms with Crippen LogP contribution in [0.2, 0.25) is 0 Å². The first kappa shape index (κ1) is 50.5. The first-order valence-corrected chi connectivity index (χ1v) is 22.5. The Morgan fingerprint density at radius 1 is 0.635 bits per heavy atom. The molecule has 0 saturated heterocycles. The molecule has 0 aliphatic heterocycles. The molecule has 0 N–H and O–H groups in total. The van der Waals surface area contributed by atoms with Crippen LogP contribution >= 0.6 is 7.82 Å². The highest BCUT2D eigenvalue weighted by Gasteiger charge is 2.21. The van der Waals surface area contributed by atoms with Crippen molar-refractivity contribution in [2.75, 3.05) is 47.5 Å². The summed E-state index contributed by atoms with van der Waals surface area (Å²) in [5, 5.41) is 0. The molecule has 10 heteroatoms. The highest BCUT2D eigenvalue weighted by atomic mass is 31.2. The van der Waals surface area contributed by atoms with E-state index in [9.17, 15) is 19.0 Å². The van der Waals surface area contributed by atoms with E-state index in [4.69, 9.17) is 18.5 Å². The van der Waals surface area contributed by atoms with Crippen molar-refractivity contribution in [2.24, 2.45) is 0 Å². The van der Waals surface area contributed by atoms with Gasteiger partial charge in [0.25, 0.3) is 7.82 Å². The third-order valence-electron chi connectivity index (χ3n) is 9.09. The van der Waals surface area contributed by atoms with Gasteiger partial charge in [-0.2, -0.15) is 0 Å². The van der Waals surface area contributed by atoms with Crippen LogP contribution < -0.4 is 4.89 Å². The molecular weight excluding hydrogens is 677 g/mol. The molecule has 306 valence electrons. The fraction of sp³-hybridized carbons (Fsp3) is 0.857. The van der Waals surface area contributed by atoms with Gasteiger partial charge in [0, 0.05) is 12.8 Å². The maximum Gasteiger partial charge on any atom is 0.306 e. The predicted molar refractivity (Wildman–Crippen MR) is 213 cm³/mol. The first-order chi connectivity index (χ1) is 25.0. The minimum atomic E-state index is -4.62. The quantitative estimate of drug-likeness (QED) is 0.0200. The number of nitrogens with zero attached hydrogens (tertiary/aromatic N) is 1. The maximum atomic E-state index is 12.6. The second kappa shape index (κ2) is 35.2. The average Bonchev–Trinajstić information content (AvgIpc) is 3.09. The van der Waals surface area contributed by atoms with Crippen molar-refractivity contribution >= 4 is 19.8 Å².